The van der Waals surface area contributed by atoms with Crippen LogP contribution in [0.5, 0.6) is 0 Å². The molecule has 0 fully saturated rings. The highest BCUT2D eigenvalue weighted by molar-refractivity contribution is 6.36. The van der Waals surface area contributed by atoms with E-state index in [4.69, 9.17) is 23.2 Å². The number of rotatable bonds is 10. The van der Waals surface area contributed by atoms with Gasteiger partial charge in [-0.2, -0.15) is 0 Å². The lowest BCUT2D eigenvalue weighted by molar-refractivity contribution is -0.141. The van der Waals surface area contributed by atoms with Crippen molar-refractivity contribution >= 4 is 35.0 Å². The second-order valence-electron chi connectivity index (χ2n) is 8.41. The minimum Gasteiger partial charge on any atom is -0.352 e. The number of nitrogens with one attached hydrogen (secondary N) is 1. The zero-order valence-corrected chi connectivity index (χ0v) is 21.0. The van der Waals surface area contributed by atoms with Gasteiger partial charge in [-0.05, 0) is 42.2 Å². The van der Waals surface area contributed by atoms with Crippen molar-refractivity contribution in [1.29, 1.82) is 0 Å². The van der Waals surface area contributed by atoms with E-state index in [-0.39, 0.29) is 24.3 Å². The maximum atomic E-state index is 13.7. The molecule has 2 atom stereocenters. The average molecular weight is 497 g/mol. The Labute approximate surface area is 211 Å². The summed E-state index contributed by atoms with van der Waals surface area (Å²) in [5.74, 6) is -0.383. The first kappa shape index (κ1) is 25.8. The fourth-order valence-corrected chi connectivity index (χ4v) is 4.26. The van der Waals surface area contributed by atoms with E-state index in [1.165, 1.54) is 0 Å². The van der Waals surface area contributed by atoms with Crippen LogP contribution in [0.15, 0.2) is 78.9 Å². The highest BCUT2D eigenvalue weighted by Gasteiger charge is 2.31. The standard InChI is InChI=1S/C28H30Cl2N2O2/c1-3-20(2)31-28(34)26(17-21-11-6-4-7-12-21)32(19-22-13-8-5-9-14-22)27(33)18-23-24(29)15-10-16-25(23)30/h4-16,20,26H,3,17-19H2,1-2H3,(H,31,34)/t20-,26+/m1/s1. The van der Waals surface area contributed by atoms with E-state index in [0.717, 1.165) is 17.5 Å². The van der Waals surface area contributed by atoms with E-state index in [2.05, 4.69) is 5.32 Å². The molecule has 0 saturated carbocycles. The maximum Gasteiger partial charge on any atom is 0.243 e. The molecule has 0 aliphatic rings. The molecule has 0 aliphatic heterocycles. The van der Waals surface area contributed by atoms with Gasteiger partial charge in [0.25, 0.3) is 0 Å². The topological polar surface area (TPSA) is 49.4 Å². The molecule has 0 saturated heterocycles. The summed E-state index contributed by atoms with van der Waals surface area (Å²) >= 11 is 12.7. The predicted octanol–water partition coefficient (Wildman–Crippen LogP) is 6.09. The Bertz CT molecular complexity index is 1070. The first-order valence-corrected chi connectivity index (χ1v) is 12.2. The summed E-state index contributed by atoms with van der Waals surface area (Å²) < 4.78 is 0. The summed E-state index contributed by atoms with van der Waals surface area (Å²) in [6, 6.07) is 23.9. The second kappa shape index (κ2) is 12.6. The predicted molar refractivity (Wildman–Crippen MR) is 139 cm³/mol. The van der Waals surface area contributed by atoms with Crippen molar-refractivity contribution in [3.05, 3.63) is 106 Å². The van der Waals surface area contributed by atoms with Gasteiger partial charge in [-0.3, -0.25) is 9.59 Å². The third-order valence-electron chi connectivity index (χ3n) is 5.86. The van der Waals surface area contributed by atoms with Gasteiger partial charge in [-0.1, -0.05) is 96.9 Å². The number of hydrogen-bond acceptors (Lipinski definition) is 2. The van der Waals surface area contributed by atoms with E-state index in [9.17, 15) is 9.59 Å². The molecular formula is C28H30Cl2N2O2. The molecule has 2 amide bonds. The highest BCUT2D eigenvalue weighted by atomic mass is 35.5. The lowest BCUT2D eigenvalue weighted by Gasteiger charge is -2.32. The zero-order valence-electron chi connectivity index (χ0n) is 19.5. The number of carbonyl (C=O) groups is 2. The Morgan fingerprint density at radius 2 is 1.41 bits per heavy atom. The van der Waals surface area contributed by atoms with Gasteiger partial charge < -0.3 is 10.2 Å². The molecule has 3 aromatic carbocycles. The molecule has 178 valence electrons. The van der Waals surface area contributed by atoms with Crippen LogP contribution in [0.1, 0.15) is 37.0 Å². The number of halogens is 2. The third-order valence-corrected chi connectivity index (χ3v) is 6.57. The molecule has 1 N–H and O–H groups in total. The van der Waals surface area contributed by atoms with Gasteiger partial charge in [0.05, 0.1) is 6.42 Å². The van der Waals surface area contributed by atoms with E-state index < -0.39 is 6.04 Å². The first-order chi connectivity index (χ1) is 16.4. The largest absolute Gasteiger partial charge is 0.352 e. The van der Waals surface area contributed by atoms with Crippen LogP contribution in [0, 0.1) is 0 Å². The van der Waals surface area contributed by atoms with E-state index >= 15 is 0 Å². The van der Waals surface area contributed by atoms with Gasteiger partial charge in [0.2, 0.25) is 11.8 Å². The van der Waals surface area contributed by atoms with Gasteiger partial charge >= 0.3 is 0 Å². The lowest BCUT2D eigenvalue weighted by atomic mass is 10.0. The Balaban J connectivity index is 1.99. The molecule has 0 unspecified atom stereocenters. The van der Waals surface area contributed by atoms with Crippen molar-refractivity contribution < 1.29 is 9.59 Å². The van der Waals surface area contributed by atoms with Crippen molar-refractivity contribution in [2.75, 3.05) is 0 Å². The van der Waals surface area contributed by atoms with Crippen LogP contribution in [-0.4, -0.2) is 28.8 Å². The molecule has 3 rings (SSSR count). The van der Waals surface area contributed by atoms with Gasteiger partial charge in [0.1, 0.15) is 6.04 Å². The molecular weight excluding hydrogens is 467 g/mol. The quantitative estimate of drug-likeness (QED) is 0.369. The Hall–Kier alpha value is -2.82. The molecule has 0 aliphatic carbocycles. The summed E-state index contributed by atoms with van der Waals surface area (Å²) in [7, 11) is 0. The maximum absolute atomic E-state index is 13.7. The summed E-state index contributed by atoms with van der Waals surface area (Å²) in [5.41, 5.74) is 2.48. The fourth-order valence-electron chi connectivity index (χ4n) is 3.73. The first-order valence-electron chi connectivity index (χ1n) is 11.5. The van der Waals surface area contributed by atoms with Crippen LogP contribution in [0.25, 0.3) is 0 Å². The minimum atomic E-state index is -0.689. The van der Waals surface area contributed by atoms with Crippen LogP contribution in [0.2, 0.25) is 10.0 Å². The van der Waals surface area contributed by atoms with Crippen LogP contribution < -0.4 is 5.32 Å². The Morgan fingerprint density at radius 1 is 0.853 bits per heavy atom. The van der Waals surface area contributed by atoms with E-state index in [1.54, 1.807) is 23.1 Å². The van der Waals surface area contributed by atoms with Crippen molar-refractivity contribution in [3.8, 4) is 0 Å². The zero-order chi connectivity index (χ0) is 24.5. The molecule has 6 heteroatoms. The Morgan fingerprint density at radius 3 is 1.97 bits per heavy atom. The van der Waals surface area contributed by atoms with E-state index in [1.807, 2.05) is 74.5 Å². The molecule has 34 heavy (non-hydrogen) atoms. The summed E-state index contributed by atoms with van der Waals surface area (Å²) in [6.07, 6.45) is 1.21. The van der Waals surface area contributed by atoms with Crippen molar-refractivity contribution in [2.45, 2.75) is 51.7 Å². The van der Waals surface area contributed by atoms with Crippen LogP contribution in [0.4, 0.5) is 0 Å². The van der Waals surface area contributed by atoms with Gasteiger partial charge in [0.15, 0.2) is 0 Å². The number of nitrogens with zero attached hydrogens (tertiary/aromatic N) is 1. The highest BCUT2D eigenvalue weighted by Crippen LogP contribution is 2.26. The number of hydrogen-bond donors (Lipinski definition) is 1. The average Bonchev–Trinajstić information content (AvgIpc) is 2.84. The van der Waals surface area contributed by atoms with Crippen LogP contribution in [-0.2, 0) is 29.0 Å². The molecule has 0 heterocycles. The number of amides is 2. The van der Waals surface area contributed by atoms with Crippen LogP contribution in [0.3, 0.4) is 0 Å². The van der Waals surface area contributed by atoms with Crippen molar-refractivity contribution in [1.82, 2.24) is 10.2 Å². The molecule has 3 aromatic rings. The van der Waals surface area contributed by atoms with Crippen molar-refractivity contribution in [3.63, 3.8) is 0 Å². The smallest absolute Gasteiger partial charge is 0.243 e. The third kappa shape index (κ3) is 7.09. The molecule has 0 aromatic heterocycles. The SMILES string of the molecule is CC[C@@H](C)NC(=O)[C@H](Cc1ccccc1)N(Cc1ccccc1)C(=O)Cc1c(Cl)cccc1Cl. The monoisotopic (exact) mass is 496 g/mol. The van der Waals surface area contributed by atoms with Gasteiger partial charge in [-0.25, -0.2) is 0 Å². The fraction of sp³-hybridized carbons (Fsp3) is 0.286. The normalized spacial score (nSPS) is 12.6. The molecule has 0 radical (unpaired) electrons. The molecule has 0 spiro atoms. The summed E-state index contributed by atoms with van der Waals surface area (Å²) in [6.45, 7) is 4.28. The summed E-state index contributed by atoms with van der Waals surface area (Å²) in [5, 5.41) is 3.94. The second-order valence-corrected chi connectivity index (χ2v) is 9.22. The molecule has 4 nitrogen and oxygen atoms in total. The lowest BCUT2D eigenvalue weighted by Crippen LogP contribution is -2.52. The summed E-state index contributed by atoms with van der Waals surface area (Å²) in [4.78, 5) is 28.9. The number of carbonyl (C=O) groups excluding carboxylic acids is 2. The molecule has 0 bridgehead atoms. The Kier molecular flexibility index (Phi) is 9.55. The van der Waals surface area contributed by atoms with Crippen molar-refractivity contribution in [2.24, 2.45) is 0 Å². The van der Waals surface area contributed by atoms with E-state index in [0.29, 0.717) is 28.6 Å². The van der Waals surface area contributed by atoms with Gasteiger partial charge in [-0.15, -0.1) is 0 Å². The van der Waals surface area contributed by atoms with Gasteiger partial charge in [0, 0.05) is 29.1 Å². The number of benzene rings is 3. The minimum absolute atomic E-state index is 0.00235. The van der Waals surface area contributed by atoms with Crippen LogP contribution >= 0.6 is 23.2 Å².